The molecule has 8 rings (SSSR count). The van der Waals surface area contributed by atoms with Crippen LogP contribution in [0.1, 0.15) is 0 Å². The van der Waals surface area contributed by atoms with Crippen LogP contribution in [0.5, 0.6) is 0 Å². The Labute approximate surface area is 213 Å². The van der Waals surface area contributed by atoms with Crippen LogP contribution in [0.4, 0.5) is 0 Å². The Morgan fingerprint density at radius 2 is 1.05 bits per heavy atom. The summed E-state index contributed by atoms with van der Waals surface area (Å²) in [4.78, 5) is 10.5. The number of benzene rings is 6. The molecule has 8 aromatic rings. The number of hydrogen-bond donors (Lipinski definition) is 0. The molecule has 0 aliphatic carbocycles. The summed E-state index contributed by atoms with van der Waals surface area (Å²) in [5, 5.41) is 7.22. The van der Waals surface area contributed by atoms with Crippen LogP contribution < -0.4 is 0 Å². The van der Waals surface area contributed by atoms with Crippen LogP contribution in [0.3, 0.4) is 0 Å². The fourth-order valence-corrected chi connectivity index (χ4v) is 5.64. The van der Waals surface area contributed by atoms with Crippen molar-refractivity contribution in [2.45, 2.75) is 0 Å². The van der Waals surface area contributed by atoms with Crippen molar-refractivity contribution in [3.8, 4) is 17.1 Å². The number of rotatable bonds is 2. The molecule has 0 amide bonds. The molecule has 0 radical (unpaired) electrons. The van der Waals surface area contributed by atoms with E-state index in [2.05, 4.69) is 108 Å². The molecule has 3 nitrogen and oxygen atoms in total. The molecule has 6 aromatic carbocycles. The molecule has 2 heterocycles. The van der Waals surface area contributed by atoms with E-state index < -0.39 is 0 Å². The Hall–Kier alpha value is -5.02. The highest BCUT2D eigenvalue weighted by molar-refractivity contribution is 6.14. The maximum absolute atomic E-state index is 5.28. The van der Waals surface area contributed by atoms with Crippen LogP contribution in [0.15, 0.2) is 127 Å². The maximum atomic E-state index is 5.28. The Morgan fingerprint density at radius 1 is 0.432 bits per heavy atom. The molecule has 0 saturated heterocycles. The zero-order valence-corrected chi connectivity index (χ0v) is 20.0. The highest BCUT2D eigenvalue weighted by atomic mass is 15.1. The van der Waals surface area contributed by atoms with Crippen molar-refractivity contribution in [1.29, 1.82) is 0 Å². The van der Waals surface area contributed by atoms with E-state index in [0.717, 1.165) is 39.1 Å². The third kappa shape index (κ3) is 3.01. The SMILES string of the molecule is c1ccc2cc3c(cc2c1)c1ccccc1n3-c1nc2ccccc2nc1-c1cccc2ccccc12. The molecule has 0 spiro atoms. The molecule has 0 N–H and O–H groups in total. The smallest absolute Gasteiger partial charge is 0.165 e. The Morgan fingerprint density at radius 3 is 1.89 bits per heavy atom. The van der Waals surface area contributed by atoms with Gasteiger partial charge in [0, 0.05) is 16.3 Å². The van der Waals surface area contributed by atoms with Gasteiger partial charge in [-0.15, -0.1) is 0 Å². The van der Waals surface area contributed by atoms with Gasteiger partial charge in [-0.25, -0.2) is 9.97 Å². The summed E-state index contributed by atoms with van der Waals surface area (Å²) < 4.78 is 2.30. The molecule has 0 bridgehead atoms. The summed E-state index contributed by atoms with van der Waals surface area (Å²) >= 11 is 0. The first-order valence-corrected chi connectivity index (χ1v) is 12.5. The summed E-state index contributed by atoms with van der Waals surface area (Å²) in [7, 11) is 0. The van der Waals surface area contributed by atoms with E-state index in [1.165, 1.54) is 32.3 Å². The van der Waals surface area contributed by atoms with Gasteiger partial charge < -0.3 is 0 Å². The van der Waals surface area contributed by atoms with Gasteiger partial charge in [0.15, 0.2) is 5.82 Å². The van der Waals surface area contributed by atoms with Gasteiger partial charge in [0.1, 0.15) is 5.69 Å². The van der Waals surface area contributed by atoms with Gasteiger partial charge in [0.05, 0.1) is 22.1 Å². The molecular weight excluding hydrogens is 450 g/mol. The predicted octanol–water partition coefficient (Wildman–Crippen LogP) is 8.70. The van der Waals surface area contributed by atoms with Crippen molar-refractivity contribution in [2.24, 2.45) is 0 Å². The first-order valence-electron chi connectivity index (χ1n) is 12.5. The fraction of sp³-hybridized carbons (Fsp3) is 0. The third-order valence-electron chi connectivity index (χ3n) is 7.35. The lowest BCUT2D eigenvalue weighted by Crippen LogP contribution is -2.04. The highest BCUT2D eigenvalue weighted by Crippen LogP contribution is 2.38. The van der Waals surface area contributed by atoms with E-state index in [0.29, 0.717) is 0 Å². The van der Waals surface area contributed by atoms with Gasteiger partial charge in [-0.1, -0.05) is 97.1 Å². The van der Waals surface area contributed by atoms with Crippen molar-refractivity contribution in [3.05, 3.63) is 127 Å². The molecule has 37 heavy (non-hydrogen) atoms. The summed E-state index contributed by atoms with van der Waals surface area (Å²) in [6, 6.07) is 44.8. The second-order valence-electron chi connectivity index (χ2n) is 9.48. The second-order valence-corrected chi connectivity index (χ2v) is 9.48. The Bertz CT molecular complexity index is 2150. The zero-order valence-electron chi connectivity index (χ0n) is 20.0. The van der Waals surface area contributed by atoms with E-state index in [1.54, 1.807) is 0 Å². The minimum absolute atomic E-state index is 0.844. The monoisotopic (exact) mass is 471 g/mol. The molecule has 0 fully saturated rings. The van der Waals surface area contributed by atoms with Crippen LogP contribution in [0.2, 0.25) is 0 Å². The van der Waals surface area contributed by atoms with E-state index >= 15 is 0 Å². The summed E-state index contributed by atoms with van der Waals surface area (Å²) in [6.45, 7) is 0. The van der Waals surface area contributed by atoms with Crippen LogP contribution in [-0.4, -0.2) is 14.5 Å². The number of para-hydroxylation sites is 3. The molecule has 0 unspecified atom stereocenters. The first kappa shape index (κ1) is 20.2. The fourth-order valence-electron chi connectivity index (χ4n) is 5.64. The quantitative estimate of drug-likeness (QED) is 0.252. The summed E-state index contributed by atoms with van der Waals surface area (Å²) in [5.74, 6) is 0.844. The predicted molar refractivity (Wildman–Crippen MR) is 154 cm³/mol. The van der Waals surface area contributed by atoms with Crippen molar-refractivity contribution in [3.63, 3.8) is 0 Å². The van der Waals surface area contributed by atoms with Crippen LogP contribution in [-0.2, 0) is 0 Å². The van der Waals surface area contributed by atoms with Crippen molar-refractivity contribution >= 4 is 54.4 Å². The zero-order chi connectivity index (χ0) is 24.3. The largest absolute Gasteiger partial charge is 0.292 e. The lowest BCUT2D eigenvalue weighted by atomic mass is 10.0. The summed E-state index contributed by atoms with van der Waals surface area (Å²) in [5.41, 5.74) is 5.99. The molecule has 3 heteroatoms. The third-order valence-corrected chi connectivity index (χ3v) is 7.35. The normalized spacial score (nSPS) is 11.8. The molecule has 0 saturated carbocycles. The number of hydrogen-bond acceptors (Lipinski definition) is 2. The molecular formula is C34H21N3. The molecule has 0 aliphatic heterocycles. The average Bonchev–Trinajstić information content (AvgIpc) is 3.28. The van der Waals surface area contributed by atoms with Gasteiger partial charge in [0.25, 0.3) is 0 Å². The highest BCUT2D eigenvalue weighted by Gasteiger charge is 2.20. The Balaban J connectivity index is 1.57. The minimum Gasteiger partial charge on any atom is -0.292 e. The second kappa shape index (κ2) is 7.74. The number of aromatic nitrogens is 3. The topological polar surface area (TPSA) is 30.7 Å². The lowest BCUT2D eigenvalue weighted by molar-refractivity contribution is 1.08. The summed E-state index contributed by atoms with van der Waals surface area (Å²) in [6.07, 6.45) is 0. The minimum atomic E-state index is 0.844. The van der Waals surface area contributed by atoms with Crippen LogP contribution in [0.25, 0.3) is 71.5 Å². The van der Waals surface area contributed by atoms with Gasteiger partial charge in [-0.3, -0.25) is 4.57 Å². The lowest BCUT2D eigenvalue weighted by Gasteiger charge is -2.15. The number of nitrogens with zero attached hydrogens (tertiary/aromatic N) is 3. The standard InChI is InChI=1S/C34H21N3/c1-2-12-24-21-32-28(20-23(24)11-1)26-15-5-8-19-31(26)37(32)34-33(35-29-17-6-7-18-30(29)36-34)27-16-9-13-22-10-3-4-14-25(22)27/h1-21H. The van der Waals surface area contributed by atoms with Gasteiger partial charge in [-0.05, 0) is 51.9 Å². The van der Waals surface area contributed by atoms with Crippen molar-refractivity contribution in [1.82, 2.24) is 14.5 Å². The molecule has 0 atom stereocenters. The van der Waals surface area contributed by atoms with Gasteiger partial charge in [0.2, 0.25) is 0 Å². The van der Waals surface area contributed by atoms with E-state index in [-0.39, 0.29) is 0 Å². The van der Waals surface area contributed by atoms with Gasteiger partial charge >= 0.3 is 0 Å². The maximum Gasteiger partial charge on any atom is 0.165 e. The number of fused-ring (bicyclic) bond motifs is 6. The molecule has 0 aliphatic rings. The van der Waals surface area contributed by atoms with Crippen molar-refractivity contribution < 1.29 is 0 Å². The Kier molecular flexibility index (Phi) is 4.23. The van der Waals surface area contributed by atoms with Crippen molar-refractivity contribution in [2.75, 3.05) is 0 Å². The van der Waals surface area contributed by atoms with E-state index in [1.807, 2.05) is 24.3 Å². The average molecular weight is 472 g/mol. The molecule has 172 valence electrons. The van der Waals surface area contributed by atoms with Crippen LogP contribution in [0, 0.1) is 0 Å². The van der Waals surface area contributed by atoms with E-state index in [9.17, 15) is 0 Å². The first-order chi connectivity index (χ1) is 18.3. The molecule has 2 aromatic heterocycles. The van der Waals surface area contributed by atoms with Gasteiger partial charge in [-0.2, -0.15) is 0 Å². The van der Waals surface area contributed by atoms with E-state index in [4.69, 9.17) is 9.97 Å². The van der Waals surface area contributed by atoms with Crippen LogP contribution >= 0.6 is 0 Å².